The van der Waals surface area contributed by atoms with Gasteiger partial charge in [-0.1, -0.05) is 12.1 Å². The second-order valence-corrected chi connectivity index (χ2v) is 5.89. The standard InChI is InChI=1S/C16H20FN3O2/c17-13-9-18-8-7-12(13)10-1-3-11(4-2-10)19-14-5-6-15(21)20-16(14)22/h1-4,12-14,18-19H,5-9H2,(H,20,21,22). The molecular formula is C16H20FN3O2. The molecule has 3 unspecified atom stereocenters. The largest absolute Gasteiger partial charge is 0.374 e. The molecule has 3 rings (SSSR count). The van der Waals surface area contributed by atoms with Crippen LogP contribution in [-0.2, 0) is 9.59 Å². The van der Waals surface area contributed by atoms with E-state index in [1.165, 1.54) is 0 Å². The predicted molar refractivity (Wildman–Crippen MR) is 81.4 cm³/mol. The van der Waals surface area contributed by atoms with Gasteiger partial charge < -0.3 is 10.6 Å². The van der Waals surface area contributed by atoms with E-state index in [4.69, 9.17) is 0 Å². The second kappa shape index (κ2) is 6.44. The summed E-state index contributed by atoms with van der Waals surface area (Å²) in [5.74, 6) is -0.577. The van der Waals surface area contributed by atoms with Crippen molar-refractivity contribution in [2.24, 2.45) is 0 Å². The Labute approximate surface area is 128 Å². The molecule has 0 bridgehead atoms. The molecule has 1 aromatic rings. The number of rotatable bonds is 3. The Morgan fingerprint density at radius 2 is 1.91 bits per heavy atom. The Bertz CT molecular complexity index is 561. The first-order valence-corrected chi connectivity index (χ1v) is 7.68. The van der Waals surface area contributed by atoms with Crippen molar-refractivity contribution in [1.29, 1.82) is 0 Å². The van der Waals surface area contributed by atoms with E-state index in [1.807, 2.05) is 24.3 Å². The molecule has 2 fully saturated rings. The highest BCUT2D eigenvalue weighted by Gasteiger charge is 2.27. The normalized spacial score (nSPS) is 29.0. The van der Waals surface area contributed by atoms with Crippen LogP contribution >= 0.6 is 0 Å². The molecule has 1 aromatic carbocycles. The fourth-order valence-electron chi connectivity index (χ4n) is 3.06. The van der Waals surface area contributed by atoms with Gasteiger partial charge in [0.05, 0.1) is 0 Å². The number of imide groups is 1. The van der Waals surface area contributed by atoms with E-state index in [0.717, 1.165) is 24.2 Å². The summed E-state index contributed by atoms with van der Waals surface area (Å²) in [6, 6.07) is 7.17. The van der Waals surface area contributed by atoms with Gasteiger partial charge in [-0.2, -0.15) is 0 Å². The molecule has 0 aliphatic carbocycles. The molecule has 0 radical (unpaired) electrons. The maximum atomic E-state index is 13.9. The van der Waals surface area contributed by atoms with Gasteiger partial charge in [-0.15, -0.1) is 0 Å². The number of anilines is 1. The molecule has 3 atom stereocenters. The zero-order valence-electron chi connectivity index (χ0n) is 12.3. The van der Waals surface area contributed by atoms with Crippen LogP contribution in [0.4, 0.5) is 10.1 Å². The van der Waals surface area contributed by atoms with Crippen LogP contribution in [0.25, 0.3) is 0 Å². The average Bonchev–Trinajstić information content (AvgIpc) is 2.51. The minimum Gasteiger partial charge on any atom is -0.374 e. The SMILES string of the molecule is O=C1CCC(Nc2ccc(C3CCNCC3F)cc2)C(=O)N1. The first kappa shape index (κ1) is 15.0. The zero-order valence-corrected chi connectivity index (χ0v) is 12.3. The van der Waals surface area contributed by atoms with Crippen LogP contribution in [0.1, 0.15) is 30.7 Å². The first-order valence-electron chi connectivity index (χ1n) is 7.68. The Kier molecular flexibility index (Phi) is 4.38. The van der Waals surface area contributed by atoms with E-state index in [1.54, 1.807) is 0 Å². The molecule has 2 heterocycles. The molecule has 0 spiro atoms. The van der Waals surface area contributed by atoms with Crippen LogP contribution in [-0.4, -0.2) is 37.1 Å². The molecule has 2 aliphatic heterocycles. The summed E-state index contributed by atoms with van der Waals surface area (Å²) in [7, 11) is 0. The highest BCUT2D eigenvalue weighted by atomic mass is 19.1. The number of halogens is 1. The lowest BCUT2D eigenvalue weighted by Gasteiger charge is -2.27. The van der Waals surface area contributed by atoms with Crippen molar-refractivity contribution in [2.45, 2.75) is 37.4 Å². The van der Waals surface area contributed by atoms with Crippen molar-refractivity contribution in [3.05, 3.63) is 29.8 Å². The van der Waals surface area contributed by atoms with Gasteiger partial charge in [-0.3, -0.25) is 14.9 Å². The third-order valence-corrected chi connectivity index (χ3v) is 4.33. The summed E-state index contributed by atoms with van der Waals surface area (Å²) in [5, 5.41) is 8.49. The first-order chi connectivity index (χ1) is 10.6. The zero-order chi connectivity index (χ0) is 15.5. The number of alkyl halides is 1. The number of hydrogen-bond donors (Lipinski definition) is 3. The third-order valence-electron chi connectivity index (χ3n) is 4.33. The molecule has 3 N–H and O–H groups in total. The van der Waals surface area contributed by atoms with E-state index in [0.29, 0.717) is 19.4 Å². The molecule has 2 amide bonds. The number of hydrogen-bond acceptors (Lipinski definition) is 4. The van der Waals surface area contributed by atoms with Gasteiger partial charge in [0.2, 0.25) is 11.8 Å². The summed E-state index contributed by atoms with van der Waals surface area (Å²) < 4.78 is 13.9. The molecule has 2 aliphatic rings. The van der Waals surface area contributed by atoms with E-state index in [-0.39, 0.29) is 17.7 Å². The van der Waals surface area contributed by atoms with Gasteiger partial charge in [0.25, 0.3) is 0 Å². The molecule has 0 saturated carbocycles. The monoisotopic (exact) mass is 305 g/mol. The number of carbonyl (C=O) groups is 2. The van der Waals surface area contributed by atoms with Crippen LogP contribution in [0, 0.1) is 0 Å². The van der Waals surface area contributed by atoms with E-state index < -0.39 is 12.2 Å². The fourth-order valence-corrected chi connectivity index (χ4v) is 3.06. The van der Waals surface area contributed by atoms with E-state index in [9.17, 15) is 14.0 Å². The van der Waals surface area contributed by atoms with Crippen molar-refractivity contribution in [3.63, 3.8) is 0 Å². The Morgan fingerprint density at radius 1 is 1.14 bits per heavy atom. The average molecular weight is 305 g/mol. The van der Waals surface area contributed by atoms with Crippen molar-refractivity contribution in [2.75, 3.05) is 18.4 Å². The lowest BCUT2D eigenvalue weighted by molar-refractivity contribution is -0.133. The van der Waals surface area contributed by atoms with E-state index in [2.05, 4.69) is 16.0 Å². The van der Waals surface area contributed by atoms with Crippen LogP contribution in [0.5, 0.6) is 0 Å². The molecule has 22 heavy (non-hydrogen) atoms. The summed E-state index contributed by atoms with van der Waals surface area (Å²) >= 11 is 0. The van der Waals surface area contributed by atoms with E-state index >= 15 is 0 Å². The lowest BCUT2D eigenvalue weighted by atomic mass is 9.88. The topological polar surface area (TPSA) is 70.2 Å². The van der Waals surface area contributed by atoms with Crippen molar-refractivity contribution in [1.82, 2.24) is 10.6 Å². The molecule has 6 heteroatoms. The van der Waals surface area contributed by atoms with Crippen LogP contribution in [0.3, 0.4) is 0 Å². The maximum absolute atomic E-state index is 13.9. The quantitative estimate of drug-likeness (QED) is 0.737. The number of benzene rings is 1. The number of nitrogens with one attached hydrogen (secondary N) is 3. The lowest BCUT2D eigenvalue weighted by Crippen LogP contribution is -2.47. The summed E-state index contributed by atoms with van der Waals surface area (Å²) in [6.07, 6.45) is 0.775. The summed E-state index contributed by atoms with van der Waals surface area (Å²) in [5.41, 5.74) is 1.80. The van der Waals surface area contributed by atoms with Gasteiger partial charge in [-0.05, 0) is 37.1 Å². The molecule has 5 nitrogen and oxygen atoms in total. The second-order valence-electron chi connectivity index (χ2n) is 5.89. The Balaban J connectivity index is 1.64. The van der Waals surface area contributed by atoms with Gasteiger partial charge in [0, 0.05) is 24.6 Å². The smallest absolute Gasteiger partial charge is 0.249 e. The third kappa shape index (κ3) is 3.27. The van der Waals surface area contributed by atoms with Crippen LogP contribution < -0.4 is 16.0 Å². The van der Waals surface area contributed by atoms with Crippen molar-refractivity contribution < 1.29 is 14.0 Å². The number of amides is 2. The fraction of sp³-hybridized carbons (Fsp3) is 0.500. The summed E-state index contributed by atoms with van der Waals surface area (Å²) in [4.78, 5) is 22.8. The van der Waals surface area contributed by atoms with Crippen LogP contribution in [0.15, 0.2) is 24.3 Å². The summed E-state index contributed by atoms with van der Waals surface area (Å²) in [6.45, 7) is 1.24. The van der Waals surface area contributed by atoms with Crippen molar-refractivity contribution in [3.8, 4) is 0 Å². The Hall–Kier alpha value is -1.95. The van der Waals surface area contributed by atoms with Gasteiger partial charge in [-0.25, -0.2) is 4.39 Å². The molecule has 2 saturated heterocycles. The maximum Gasteiger partial charge on any atom is 0.249 e. The van der Waals surface area contributed by atoms with Gasteiger partial charge >= 0.3 is 0 Å². The molecular weight excluding hydrogens is 285 g/mol. The van der Waals surface area contributed by atoms with Crippen molar-refractivity contribution >= 4 is 17.5 Å². The highest BCUT2D eigenvalue weighted by molar-refractivity contribution is 6.01. The van der Waals surface area contributed by atoms with Gasteiger partial charge in [0.1, 0.15) is 12.2 Å². The highest BCUT2D eigenvalue weighted by Crippen LogP contribution is 2.28. The van der Waals surface area contributed by atoms with Crippen LogP contribution in [0.2, 0.25) is 0 Å². The number of piperidine rings is 2. The minimum atomic E-state index is -0.859. The van der Waals surface area contributed by atoms with Gasteiger partial charge in [0.15, 0.2) is 0 Å². The number of carbonyl (C=O) groups excluding carboxylic acids is 2. The predicted octanol–water partition coefficient (Wildman–Crippen LogP) is 1.32. The molecule has 0 aromatic heterocycles. The Morgan fingerprint density at radius 3 is 2.59 bits per heavy atom. The molecule has 118 valence electrons. The minimum absolute atomic E-state index is 0.0640.